The summed E-state index contributed by atoms with van der Waals surface area (Å²) in [6.07, 6.45) is 7.95. The summed E-state index contributed by atoms with van der Waals surface area (Å²) >= 11 is 1.90. The molecule has 1 atom stereocenters. The third-order valence-corrected chi connectivity index (χ3v) is 5.27. The Morgan fingerprint density at radius 3 is 2.65 bits per heavy atom. The van der Waals surface area contributed by atoms with Crippen LogP contribution in [0.2, 0.25) is 0 Å². The van der Waals surface area contributed by atoms with Crippen LogP contribution in [0.4, 0.5) is 0 Å². The lowest BCUT2D eigenvalue weighted by Gasteiger charge is -2.38. The van der Waals surface area contributed by atoms with Crippen molar-refractivity contribution in [3.8, 4) is 0 Å². The van der Waals surface area contributed by atoms with Gasteiger partial charge in [-0.15, -0.1) is 11.3 Å². The van der Waals surface area contributed by atoms with Crippen molar-refractivity contribution in [3.05, 3.63) is 22.4 Å². The summed E-state index contributed by atoms with van der Waals surface area (Å²) in [7, 11) is 0. The van der Waals surface area contributed by atoms with Crippen LogP contribution in [0.25, 0.3) is 0 Å². The Bertz CT molecular complexity index is 337. The SMILES string of the molecule is NC1CC(NC(c2cccs2)C2CCCC2)C1. The molecule has 0 bridgehead atoms. The van der Waals surface area contributed by atoms with Gasteiger partial charge in [0.2, 0.25) is 0 Å². The van der Waals surface area contributed by atoms with Crippen LogP contribution >= 0.6 is 11.3 Å². The Hall–Kier alpha value is -0.380. The minimum absolute atomic E-state index is 0.445. The van der Waals surface area contributed by atoms with Gasteiger partial charge < -0.3 is 11.1 Å². The minimum atomic E-state index is 0.445. The fourth-order valence-corrected chi connectivity index (χ4v) is 4.14. The zero-order valence-electron chi connectivity index (χ0n) is 10.3. The fraction of sp³-hybridized carbons (Fsp3) is 0.714. The van der Waals surface area contributed by atoms with E-state index in [0.717, 1.165) is 18.8 Å². The average molecular weight is 250 g/mol. The maximum Gasteiger partial charge on any atom is 0.0445 e. The summed E-state index contributed by atoms with van der Waals surface area (Å²) in [5.74, 6) is 0.852. The van der Waals surface area contributed by atoms with Gasteiger partial charge in [0.1, 0.15) is 0 Å². The Labute approximate surface area is 108 Å². The molecule has 0 aromatic carbocycles. The molecule has 94 valence electrons. The maximum atomic E-state index is 5.88. The molecule has 2 saturated carbocycles. The van der Waals surface area contributed by atoms with Crippen LogP contribution in [0.3, 0.4) is 0 Å². The van der Waals surface area contributed by atoms with Gasteiger partial charge in [-0.25, -0.2) is 0 Å². The summed E-state index contributed by atoms with van der Waals surface area (Å²) in [6, 6.07) is 6.17. The van der Waals surface area contributed by atoms with Crippen LogP contribution in [-0.4, -0.2) is 12.1 Å². The van der Waals surface area contributed by atoms with E-state index in [4.69, 9.17) is 5.73 Å². The Kier molecular flexibility index (Phi) is 3.50. The molecule has 1 unspecified atom stereocenters. The molecular formula is C14H22N2S. The average Bonchev–Trinajstić information content (AvgIpc) is 2.95. The monoisotopic (exact) mass is 250 g/mol. The second-order valence-electron chi connectivity index (χ2n) is 5.63. The molecule has 0 amide bonds. The first-order valence-electron chi connectivity index (χ1n) is 6.88. The van der Waals surface area contributed by atoms with Crippen molar-refractivity contribution in [2.75, 3.05) is 0 Å². The molecule has 0 aliphatic heterocycles. The van der Waals surface area contributed by atoms with Crippen molar-refractivity contribution in [2.24, 2.45) is 11.7 Å². The molecule has 0 radical (unpaired) electrons. The highest BCUT2D eigenvalue weighted by atomic mass is 32.1. The van der Waals surface area contributed by atoms with Crippen LogP contribution < -0.4 is 11.1 Å². The maximum absolute atomic E-state index is 5.88. The Morgan fingerprint density at radius 2 is 2.06 bits per heavy atom. The van der Waals surface area contributed by atoms with Gasteiger partial charge in [0, 0.05) is 23.0 Å². The summed E-state index contributed by atoms with van der Waals surface area (Å²) < 4.78 is 0. The molecule has 0 spiro atoms. The molecule has 1 aromatic rings. The number of nitrogens with one attached hydrogen (secondary N) is 1. The van der Waals surface area contributed by atoms with E-state index in [1.165, 1.54) is 30.6 Å². The van der Waals surface area contributed by atoms with E-state index in [9.17, 15) is 0 Å². The summed E-state index contributed by atoms with van der Waals surface area (Å²) in [5.41, 5.74) is 5.88. The predicted octanol–water partition coefficient (Wildman–Crippen LogP) is 3.06. The third kappa shape index (κ3) is 2.56. The normalized spacial score (nSPS) is 31.4. The lowest BCUT2D eigenvalue weighted by atomic mass is 9.85. The quantitative estimate of drug-likeness (QED) is 0.862. The van der Waals surface area contributed by atoms with Crippen molar-refractivity contribution in [1.29, 1.82) is 0 Å². The first kappa shape index (κ1) is 11.7. The highest BCUT2D eigenvalue weighted by Gasteiger charge is 2.33. The highest BCUT2D eigenvalue weighted by molar-refractivity contribution is 7.10. The van der Waals surface area contributed by atoms with Gasteiger partial charge in [-0.2, -0.15) is 0 Å². The van der Waals surface area contributed by atoms with Gasteiger partial charge in [-0.1, -0.05) is 18.9 Å². The first-order valence-corrected chi connectivity index (χ1v) is 7.76. The second kappa shape index (κ2) is 5.09. The molecule has 1 heterocycles. The van der Waals surface area contributed by atoms with Crippen molar-refractivity contribution >= 4 is 11.3 Å². The van der Waals surface area contributed by atoms with Crippen LogP contribution in [0.5, 0.6) is 0 Å². The summed E-state index contributed by atoms with van der Waals surface area (Å²) in [5, 5.41) is 6.06. The van der Waals surface area contributed by atoms with Gasteiger partial charge in [0.15, 0.2) is 0 Å². The number of rotatable bonds is 4. The number of hydrogen-bond donors (Lipinski definition) is 2. The van der Waals surface area contributed by atoms with Crippen molar-refractivity contribution in [2.45, 2.75) is 56.7 Å². The van der Waals surface area contributed by atoms with Crippen LogP contribution in [0, 0.1) is 5.92 Å². The van der Waals surface area contributed by atoms with E-state index in [1.54, 1.807) is 0 Å². The lowest BCUT2D eigenvalue weighted by Crippen LogP contribution is -2.50. The van der Waals surface area contributed by atoms with Crippen molar-refractivity contribution < 1.29 is 0 Å². The highest BCUT2D eigenvalue weighted by Crippen LogP contribution is 2.38. The Balaban J connectivity index is 1.67. The third-order valence-electron chi connectivity index (χ3n) is 4.31. The first-order chi connectivity index (χ1) is 8.33. The van der Waals surface area contributed by atoms with E-state index < -0.39 is 0 Å². The molecule has 3 rings (SSSR count). The van der Waals surface area contributed by atoms with Gasteiger partial charge in [-0.3, -0.25) is 0 Å². The van der Waals surface area contributed by atoms with Crippen molar-refractivity contribution in [1.82, 2.24) is 5.32 Å². The minimum Gasteiger partial charge on any atom is -0.328 e. The van der Waals surface area contributed by atoms with Crippen LogP contribution in [0.15, 0.2) is 17.5 Å². The fourth-order valence-electron chi connectivity index (χ4n) is 3.26. The van der Waals surface area contributed by atoms with Gasteiger partial charge in [-0.05, 0) is 43.0 Å². The molecule has 0 saturated heterocycles. The topological polar surface area (TPSA) is 38.0 Å². The molecule has 2 aliphatic rings. The summed E-state index contributed by atoms with van der Waals surface area (Å²) in [6.45, 7) is 0. The smallest absolute Gasteiger partial charge is 0.0445 e. The molecule has 1 aromatic heterocycles. The van der Waals surface area contributed by atoms with Crippen LogP contribution in [0.1, 0.15) is 49.4 Å². The zero-order chi connectivity index (χ0) is 11.7. The number of thiophene rings is 1. The Morgan fingerprint density at radius 1 is 1.29 bits per heavy atom. The van der Waals surface area contributed by atoms with Gasteiger partial charge in [0.25, 0.3) is 0 Å². The largest absolute Gasteiger partial charge is 0.328 e. The molecule has 17 heavy (non-hydrogen) atoms. The number of hydrogen-bond acceptors (Lipinski definition) is 3. The van der Waals surface area contributed by atoms with Crippen LogP contribution in [-0.2, 0) is 0 Å². The number of nitrogens with two attached hydrogens (primary N) is 1. The zero-order valence-corrected chi connectivity index (χ0v) is 11.1. The lowest BCUT2D eigenvalue weighted by molar-refractivity contribution is 0.234. The molecule has 3 N–H and O–H groups in total. The van der Waals surface area contributed by atoms with E-state index in [1.807, 2.05) is 11.3 Å². The molecule has 3 heteroatoms. The van der Waals surface area contributed by atoms with Gasteiger partial charge >= 0.3 is 0 Å². The van der Waals surface area contributed by atoms with E-state index >= 15 is 0 Å². The van der Waals surface area contributed by atoms with Crippen molar-refractivity contribution in [3.63, 3.8) is 0 Å². The standard InChI is InChI=1S/C14H22N2S/c15-11-8-12(9-11)16-14(10-4-1-2-5-10)13-6-3-7-17-13/h3,6-7,10-12,14,16H,1-2,4-5,8-9,15H2. The molecule has 2 fully saturated rings. The second-order valence-corrected chi connectivity index (χ2v) is 6.61. The van der Waals surface area contributed by atoms with E-state index in [2.05, 4.69) is 22.8 Å². The van der Waals surface area contributed by atoms with E-state index in [0.29, 0.717) is 18.1 Å². The van der Waals surface area contributed by atoms with E-state index in [-0.39, 0.29) is 0 Å². The summed E-state index contributed by atoms with van der Waals surface area (Å²) in [4.78, 5) is 1.53. The predicted molar refractivity (Wildman–Crippen MR) is 73.2 cm³/mol. The molecular weight excluding hydrogens is 228 g/mol. The van der Waals surface area contributed by atoms with Gasteiger partial charge in [0.05, 0.1) is 0 Å². The molecule has 2 nitrogen and oxygen atoms in total. The molecule has 2 aliphatic carbocycles.